The third kappa shape index (κ3) is 7.68. The van der Waals surface area contributed by atoms with Crippen LogP contribution >= 0.6 is 23.2 Å². The molecular formula is C31H21Cl2F10N4O5. The zero-order valence-electron chi connectivity index (χ0n) is 25.8. The number of hydrogen-bond acceptors (Lipinski definition) is 7. The third-order valence-corrected chi connectivity index (χ3v) is 8.78. The molecule has 2 fully saturated rings. The van der Waals surface area contributed by atoms with Gasteiger partial charge in [-0.05, 0) is 68.4 Å². The first-order valence-corrected chi connectivity index (χ1v) is 15.5. The smallest absolute Gasteiger partial charge is 0.431 e. The predicted molar refractivity (Wildman–Crippen MR) is 159 cm³/mol. The summed E-state index contributed by atoms with van der Waals surface area (Å²) in [7, 11) is 0. The molecule has 1 aromatic heterocycles. The highest BCUT2D eigenvalue weighted by atomic mass is 35.5. The summed E-state index contributed by atoms with van der Waals surface area (Å²) in [5, 5.41) is 12.2. The van der Waals surface area contributed by atoms with Gasteiger partial charge in [-0.3, -0.25) is 9.69 Å². The zero-order chi connectivity index (χ0) is 38.4. The van der Waals surface area contributed by atoms with Crippen molar-refractivity contribution in [1.82, 2.24) is 14.7 Å². The second kappa shape index (κ2) is 13.8. The summed E-state index contributed by atoms with van der Waals surface area (Å²) < 4.78 is 150. The zero-order valence-corrected chi connectivity index (χ0v) is 27.3. The average molecular weight is 790 g/mol. The minimum Gasteiger partial charge on any atom is -0.431 e. The molecule has 2 saturated carbocycles. The largest absolute Gasteiger partial charge is 0.573 e. The molecule has 52 heavy (non-hydrogen) atoms. The molecule has 21 heteroatoms. The van der Waals surface area contributed by atoms with Gasteiger partial charge in [0, 0.05) is 17.3 Å². The minimum absolute atomic E-state index is 0.0181. The van der Waals surface area contributed by atoms with Crippen LogP contribution in [-0.2, 0) is 15.1 Å². The molecule has 0 N–H and O–H groups in total. The van der Waals surface area contributed by atoms with Gasteiger partial charge < -0.3 is 14.2 Å². The number of benzene rings is 2. The Labute approximate surface area is 296 Å². The lowest BCUT2D eigenvalue weighted by molar-refractivity contribution is -0.348. The van der Waals surface area contributed by atoms with Crippen LogP contribution in [0.2, 0.25) is 10.0 Å². The van der Waals surface area contributed by atoms with Crippen LogP contribution in [0, 0.1) is 17.8 Å². The van der Waals surface area contributed by atoms with Crippen LogP contribution in [-0.4, -0.2) is 63.8 Å². The number of carbonyl (C=O) groups is 2. The highest BCUT2D eigenvalue weighted by Crippen LogP contribution is 2.55. The summed E-state index contributed by atoms with van der Waals surface area (Å²) in [6.07, 6.45) is -14.4. The molecule has 1 heterocycles. The summed E-state index contributed by atoms with van der Waals surface area (Å²) in [6.45, 7) is -0.695. The van der Waals surface area contributed by atoms with Gasteiger partial charge in [0.2, 0.25) is 0 Å². The van der Waals surface area contributed by atoms with E-state index >= 15 is 0 Å². The number of halogens is 12. The molecule has 0 spiro atoms. The van der Waals surface area contributed by atoms with Gasteiger partial charge in [0.25, 0.3) is 5.91 Å². The second-order valence-electron chi connectivity index (χ2n) is 11.6. The SMILES string of the molecule is N#CC1(N(COC(=O)O[C@H]2C[CH]CC2)C(=O)c2cc(-c3cnn(-c4c(Cl)cc(C(F)(C(F)(F)F)C(F)(F)F)cc4OC(F)(F)F)c3)ccc2Cl)CC1. The maximum Gasteiger partial charge on any atom is 0.573 e. The normalized spacial score (nSPS) is 16.3. The van der Waals surface area contributed by atoms with E-state index in [9.17, 15) is 58.8 Å². The molecule has 0 unspecified atom stereocenters. The quantitative estimate of drug-likeness (QED) is 0.121. The van der Waals surface area contributed by atoms with Crippen LogP contribution in [0.4, 0.5) is 48.7 Å². The number of ether oxygens (including phenoxy) is 3. The fourth-order valence-electron chi connectivity index (χ4n) is 5.35. The Kier molecular flexibility index (Phi) is 10.3. The summed E-state index contributed by atoms with van der Waals surface area (Å²) >= 11 is 12.2. The topological polar surface area (TPSA) is 107 Å². The van der Waals surface area contributed by atoms with Crippen LogP contribution in [0.25, 0.3) is 16.8 Å². The van der Waals surface area contributed by atoms with Crippen molar-refractivity contribution < 1.29 is 67.7 Å². The van der Waals surface area contributed by atoms with Crippen LogP contribution in [0.3, 0.4) is 0 Å². The molecule has 2 aromatic carbocycles. The number of amides is 1. The molecule has 9 nitrogen and oxygen atoms in total. The Morgan fingerprint density at radius 1 is 0.981 bits per heavy atom. The van der Waals surface area contributed by atoms with Crippen molar-refractivity contribution in [2.45, 2.75) is 68.1 Å². The van der Waals surface area contributed by atoms with E-state index in [4.69, 9.17) is 32.7 Å². The molecule has 1 atom stereocenters. The molecule has 2 aliphatic rings. The molecule has 0 saturated heterocycles. The molecule has 0 aliphatic heterocycles. The highest BCUT2D eigenvalue weighted by Gasteiger charge is 2.73. The first-order valence-electron chi connectivity index (χ1n) is 14.8. The van der Waals surface area contributed by atoms with E-state index in [0.717, 1.165) is 23.7 Å². The summed E-state index contributed by atoms with van der Waals surface area (Å²) in [5.41, 5.74) is -11.0. The van der Waals surface area contributed by atoms with E-state index in [0.29, 0.717) is 17.5 Å². The predicted octanol–water partition coefficient (Wildman–Crippen LogP) is 9.40. The number of alkyl halides is 10. The van der Waals surface area contributed by atoms with E-state index in [1.54, 1.807) is 0 Å². The number of nitrogens with zero attached hydrogens (tertiary/aromatic N) is 4. The molecule has 0 bridgehead atoms. The van der Waals surface area contributed by atoms with Gasteiger partial charge in [-0.1, -0.05) is 29.3 Å². The van der Waals surface area contributed by atoms with Crippen molar-refractivity contribution in [2.75, 3.05) is 6.73 Å². The Balaban J connectivity index is 1.49. The first-order chi connectivity index (χ1) is 24.1. The average Bonchev–Trinajstić information content (AvgIpc) is 3.38. The summed E-state index contributed by atoms with van der Waals surface area (Å²) in [6, 6.07) is 5.12. The number of rotatable bonds is 9. The van der Waals surface area contributed by atoms with Crippen molar-refractivity contribution in [3.05, 3.63) is 70.3 Å². The standard InChI is InChI=1S/C31H21Cl2F10N4O5/c32-21-6-5-16(9-20(21)25(48)46(27(14-44)7-8-27)15-50-26(49)51-19-3-1-2-4-19)17-12-45-47(13-17)24-22(33)10-18(11-23(24)52-31(41,42)43)28(34,29(35,36)37)30(38,39)40/h1,5-6,9-13,19H,2-4,7-8,15H2/t19-/m0/s1. The highest BCUT2D eigenvalue weighted by molar-refractivity contribution is 6.34. The van der Waals surface area contributed by atoms with E-state index < -0.39 is 82.9 Å². The lowest BCUT2D eigenvalue weighted by Crippen LogP contribution is -2.50. The van der Waals surface area contributed by atoms with Gasteiger partial charge in [0.15, 0.2) is 12.5 Å². The van der Waals surface area contributed by atoms with E-state index in [-0.39, 0.29) is 40.6 Å². The van der Waals surface area contributed by atoms with Crippen LogP contribution in [0.5, 0.6) is 5.75 Å². The molecule has 3 aromatic rings. The molecule has 1 amide bonds. The van der Waals surface area contributed by atoms with Crippen LogP contribution in [0.15, 0.2) is 42.7 Å². The lowest BCUT2D eigenvalue weighted by atomic mass is 9.93. The van der Waals surface area contributed by atoms with Gasteiger partial charge in [0.1, 0.15) is 17.3 Å². The van der Waals surface area contributed by atoms with E-state index in [2.05, 4.69) is 9.84 Å². The van der Waals surface area contributed by atoms with Crippen molar-refractivity contribution in [1.29, 1.82) is 5.26 Å². The maximum absolute atomic E-state index is 14.8. The molecule has 279 valence electrons. The maximum atomic E-state index is 14.8. The Morgan fingerprint density at radius 3 is 2.21 bits per heavy atom. The lowest BCUT2D eigenvalue weighted by Gasteiger charge is -2.31. The van der Waals surface area contributed by atoms with Crippen LogP contribution in [0.1, 0.15) is 48.0 Å². The molecule has 2 aliphatic carbocycles. The number of hydrogen-bond donors (Lipinski definition) is 0. The van der Waals surface area contributed by atoms with Crippen molar-refractivity contribution in [3.8, 4) is 28.6 Å². The van der Waals surface area contributed by atoms with Crippen molar-refractivity contribution >= 4 is 35.3 Å². The Bertz CT molecular complexity index is 1880. The van der Waals surface area contributed by atoms with Crippen molar-refractivity contribution in [3.63, 3.8) is 0 Å². The molecular weight excluding hydrogens is 769 g/mol. The molecule has 5 rings (SSSR count). The number of aromatic nitrogens is 2. The van der Waals surface area contributed by atoms with E-state index in [1.165, 1.54) is 18.2 Å². The van der Waals surface area contributed by atoms with Crippen molar-refractivity contribution in [2.24, 2.45) is 0 Å². The number of carbonyl (C=O) groups excluding carboxylic acids is 2. The Morgan fingerprint density at radius 2 is 1.65 bits per heavy atom. The monoisotopic (exact) mass is 789 g/mol. The molecule has 1 radical (unpaired) electrons. The van der Waals surface area contributed by atoms with Gasteiger partial charge >= 0.3 is 30.5 Å². The Hall–Kier alpha value is -4.44. The van der Waals surface area contributed by atoms with Gasteiger partial charge in [0.05, 0.1) is 27.9 Å². The summed E-state index contributed by atoms with van der Waals surface area (Å²) in [4.78, 5) is 27.0. The van der Waals surface area contributed by atoms with Gasteiger partial charge in [-0.2, -0.15) is 36.7 Å². The van der Waals surface area contributed by atoms with Gasteiger partial charge in [-0.25, -0.2) is 13.9 Å². The van der Waals surface area contributed by atoms with Gasteiger partial charge in [-0.15, -0.1) is 13.2 Å². The van der Waals surface area contributed by atoms with E-state index in [1.807, 2.05) is 12.5 Å². The second-order valence-corrected chi connectivity index (χ2v) is 12.4. The first kappa shape index (κ1) is 38.8. The van der Waals surface area contributed by atoms with Crippen LogP contribution < -0.4 is 4.74 Å². The fraction of sp³-hybridized carbons (Fsp3) is 0.387. The minimum atomic E-state index is -6.68. The third-order valence-electron chi connectivity index (χ3n) is 8.17. The number of nitriles is 1. The summed E-state index contributed by atoms with van der Waals surface area (Å²) in [5.74, 6) is -2.64. The fourth-order valence-corrected chi connectivity index (χ4v) is 5.85.